The molecule has 0 unspecified atom stereocenters. The fourth-order valence-electron chi connectivity index (χ4n) is 2.03. The number of nitrogens with zero attached hydrogens (tertiary/aromatic N) is 3. The molecule has 8 heteroatoms. The second kappa shape index (κ2) is 6.33. The van der Waals surface area contributed by atoms with Gasteiger partial charge in [0.15, 0.2) is 23.3 Å². The SMILES string of the molecule is CN=C(NCc1ccc2c(c1)OCO2)NCc1noc(C)n1. The van der Waals surface area contributed by atoms with Gasteiger partial charge in [-0.05, 0) is 17.7 Å². The molecule has 1 aromatic heterocycles. The van der Waals surface area contributed by atoms with Gasteiger partial charge in [-0.2, -0.15) is 4.98 Å². The quantitative estimate of drug-likeness (QED) is 0.642. The average Bonchev–Trinajstić information content (AvgIpc) is 3.15. The van der Waals surface area contributed by atoms with Gasteiger partial charge >= 0.3 is 0 Å². The number of aryl methyl sites for hydroxylation is 1. The van der Waals surface area contributed by atoms with E-state index in [1.165, 1.54) is 0 Å². The second-order valence-corrected chi connectivity index (χ2v) is 4.70. The Kier molecular flexibility index (Phi) is 4.08. The molecular formula is C14H17N5O3. The van der Waals surface area contributed by atoms with Crippen molar-refractivity contribution in [3.63, 3.8) is 0 Å². The lowest BCUT2D eigenvalue weighted by molar-refractivity contribution is 0.174. The van der Waals surface area contributed by atoms with Crippen LogP contribution in [0.3, 0.4) is 0 Å². The van der Waals surface area contributed by atoms with Gasteiger partial charge in [0, 0.05) is 20.5 Å². The summed E-state index contributed by atoms with van der Waals surface area (Å²) < 4.78 is 15.6. The molecular weight excluding hydrogens is 286 g/mol. The lowest BCUT2D eigenvalue weighted by Gasteiger charge is -2.10. The Balaban J connectivity index is 1.52. The van der Waals surface area contributed by atoms with E-state index in [1.807, 2.05) is 18.2 Å². The predicted molar refractivity (Wildman–Crippen MR) is 78.6 cm³/mol. The molecule has 0 saturated carbocycles. The number of ether oxygens (including phenoxy) is 2. The highest BCUT2D eigenvalue weighted by Crippen LogP contribution is 2.32. The molecule has 22 heavy (non-hydrogen) atoms. The number of guanidine groups is 1. The summed E-state index contributed by atoms with van der Waals surface area (Å²) in [6, 6.07) is 5.83. The number of aliphatic imine (C=N–C) groups is 1. The van der Waals surface area contributed by atoms with Gasteiger partial charge in [0.1, 0.15) is 0 Å². The maximum absolute atomic E-state index is 5.36. The Morgan fingerprint density at radius 1 is 1.23 bits per heavy atom. The van der Waals surface area contributed by atoms with Crippen molar-refractivity contribution in [3.05, 3.63) is 35.5 Å². The Bertz CT molecular complexity index is 683. The number of aromatic nitrogens is 2. The summed E-state index contributed by atoms with van der Waals surface area (Å²) in [5.41, 5.74) is 1.07. The molecule has 116 valence electrons. The third-order valence-electron chi connectivity index (χ3n) is 3.10. The highest BCUT2D eigenvalue weighted by Gasteiger charge is 2.13. The smallest absolute Gasteiger partial charge is 0.231 e. The van der Waals surface area contributed by atoms with Crippen molar-refractivity contribution >= 4 is 5.96 Å². The standard InChI is InChI=1S/C14H17N5O3/c1-9-18-13(19-22-9)7-17-14(15-2)16-6-10-3-4-11-12(5-10)21-8-20-11/h3-5H,6-8H2,1-2H3,(H2,15,16,17). The van der Waals surface area contributed by atoms with Crippen molar-refractivity contribution in [1.29, 1.82) is 0 Å². The van der Waals surface area contributed by atoms with Crippen LogP contribution in [0.4, 0.5) is 0 Å². The van der Waals surface area contributed by atoms with Crippen molar-refractivity contribution < 1.29 is 14.0 Å². The van der Waals surface area contributed by atoms with Crippen molar-refractivity contribution in [2.75, 3.05) is 13.8 Å². The lowest BCUT2D eigenvalue weighted by Crippen LogP contribution is -2.36. The fourth-order valence-corrected chi connectivity index (χ4v) is 2.03. The van der Waals surface area contributed by atoms with E-state index in [4.69, 9.17) is 14.0 Å². The summed E-state index contributed by atoms with van der Waals surface area (Å²) in [7, 11) is 1.70. The van der Waals surface area contributed by atoms with E-state index in [-0.39, 0.29) is 6.79 Å². The lowest BCUT2D eigenvalue weighted by atomic mass is 10.2. The minimum Gasteiger partial charge on any atom is -0.454 e. The van der Waals surface area contributed by atoms with Crippen LogP contribution < -0.4 is 20.1 Å². The van der Waals surface area contributed by atoms with Crippen LogP contribution in [-0.2, 0) is 13.1 Å². The number of hydrogen-bond donors (Lipinski definition) is 2. The van der Waals surface area contributed by atoms with E-state index in [2.05, 4.69) is 25.8 Å². The molecule has 3 rings (SSSR count). The monoisotopic (exact) mass is 303 g/mol. The van der Waals surface area contributed by atoms with E-state index in [0.717, 1.165) is 17.1 Å². The van der Waals surface area contributed by atoms with E-state index in [0.29, 0.717) is 30.8 Å². The molecule has 0 bridgehead atoms. The number of hydrogen-bond acceptors (Lipinski definition) is 6. The maximum atomic E-state index is 5.36. The zero-order chi connectivity index (χ0) is 15.4. The summed E-state index contributed by atoms with van der Waals surface area (Å²) in [6.07, 6.45) is 0. The molecule has 0 spiro atoms. The molecule has 2 heterocycles. The summed E-state index contributed by atoms with van der Waals surface area (Å²) >= 11 is 0. The van der Waals surface area contributed by atoms with Crippen molar-refractivity contribution in [2.24, 2.45) is 4.99 Å². The maximum Gasteiger partial charge on any atom is 0.231 e. The normalized spacial score (nSPS) is 13.3. The summed E-state index contributed by atoms with van der Waals surface area (Å²) in [5.74, 6) is 3.33. The molecule has 1 aliphatic rings. The van der Waals surface area contributed by atoms with E-state index < -0.39 is 0 Å². The highest BCUT2D eigenvalue weighted by atomic mass is 16.7. The van der Waals surface area contributed by atoms with E-state index >= 15 is 0 Å². The Hall–Kier alpha value is -2.77. The molecule has 2 N–H and O–H groups in total. The van der Waals surface area contributed by atoms with Crippen LogP contribution in [0.15, 0.2) is 27.7 Å². The molecule has 1 aliphatic heterocycles. The number of rotatable bonds is 4. The van der Waals surface area contributed by atoms with Gasteiger partial charge in [-0.3, -0.25) is 4.99 Å². The van der Waals surface area contributed by atoms with Crippen LogP contribution in [0.2, 0.25) is 0 Å². The molecule has 0 amide bonds. The van der Waals surface area contributed by atoms with Gasteiger partial charge in [-0.25, -0.2) is 0 Å². The number of fused-ring (bicyclic) bond motifs is 1. The van der Waals surface area contributed by atoms with Gasteiger partial charge in [0.05, 0.1) is 6.54 Å². The van der Waals surface area contributed by atoms with Crippen LogP contribution >= 0.6 is 0 Å². The Labute approximate surface area is 127 Å². The predicted octanol–water partition coefficient (Wildman–Crippen LogP) is 0.972. The molecule has 0 radical (unpaired) electrons. The van der Waals surface area contributed by atoms with Gasteiger partial charge in [0.25, 0.3) is 0 Å². The second-order valence-electron chi connectivity index (χ2n) is 4.70. The summed E-state index contributed by atoms with van der Waals surface area (Å²) in [4.78, 5) is 8.27. The first-order valence-electron chi connectivity index (χ1n) is 6.87. The average molecular weight is 303 g/mol. The van der Waals surface area contributed by atoms with Gasteiger partial charge in [-0.1, -0.05) is 11.2 Å². The van der Waals surface area contributed by atoms with E-state index in [9.17, 15) is 0 Å². The first-order valence-corrected chi connectivity index (χ1v) is 6.87. The summed E-state index contributed by atoms with van der Waals surface area (Å²) in [6.45, 7) is 3.09. The molecule has 0 fully saturated rings. The topological polar surface area (TPSA) is 93.8 Å². The fraction of sp³-hybridized carbons (Fsp3) is 0.357. The zero-order valence-electron chi connectivity index (χ0n) is 12.4. The molecule has 0 saturated heterocycles. The Morgan fingerprint density at radius 2 is 2.05 bits per heavy atom. The molecule has 8 nitrogen and oxygen atoms in total. The van der Waals surface area contributed by atoms with Crippen LogP contribution in [0.25, 0.3) is 0 Å². The third-order valence-corrected chi connectivity index (χ3v) is 3.10. The number of nitrogens with one attached hydrogen (secondary N) is 2. The Morgan fingerprint density at radius 3 is 2.82 bits per heavy atom. The highest BCUT2D eigenvalue weighted by molar-refractivity contribution is 5.79. The third kappa shape index (κ3) is 3.27. The van der Waals surface area contributed by atoms with Crippen LogP contribution in [0, 0.1) is 6.92 Å². The minimum atomic E-state index is 0.277. The van der Waals surface area contributed by atoms with E-state index in [1.54, 1.807) is 14.0 Å². The first kappa shape index (κ1) is 14.2. The van der Waals surface area contributed by atoms with Crippen molar-refractivity contribution in [2.45, 2.75) is 20.0 Å². The van der Waals surface area contributed by atoms with Crippen molar-refractivity contribution in [1.82, 2.24) is 20.8 Å². The number of benzene rings is 1. The summed E-state index contributed by atoms with van der Waals surface area (Å²) in [5, 5.41) is 10.1. The molecule has 2 aromatic rings. The molecule has 0 aliphatic carbocycles. The largest absolute Gasteiger partial charge is 0.454 e. The van der Waals surface area contributed by atoms with Gasteiger partial charge in [0.2, 0.25) is 12.7 Å². The van der Waals surface area contributed by atoms with Gasteiger partial charge in [-0.15, -0.1) is 0 Å². The first-order chi connectivity index (χ1) is 10.7. The zero-order valence-corrected chi connectivity index (χ0v) is 12.4. The minimum absolute atomic E-state index is 0.277. The van der Waals surface area contributed by atoms with Gasteiger partial charge < -0.3 is 24.6 Å². The van der Waals surface area contributed by atoms with Crippen LogP contribution in [-0.4, -0.2) is 29.9 Å². The molecule has 1 aromatic carbocycles. The van der Waals surface area contributed by atoms with Crippen LogP contribution in [0.5, 0.6) is 11.5 Å². The van der Waals surface area contributed by atoms with Crippen LogP contribution in [0.1, 0.15) is 17.3 Å². The molecule has 0 atom stereocenters. The van der Waals surface area contributed by atoms with Crippen molar-refractivity contribution in [3.8, 4) is 11.5 Å².